The van der Waals surface area contributed by atoms with Crippen molar-refractivity contribution in [3.8, 4) is 5.75 Å². The highest BCUT2D eigenvalue weighted by Gasteiger charge is 2.14. The fourth-order valence-corrected chi connectivity index (χ4v) is 3.51. The van der Waals surface area contributed by atoms with Gasteiger partial charge in [-0.3, -0.25) is 10.1 Å². The van der Waals surface area contributed by atoms with E-state index in [9.17, 15) is 18.5 Å². The summed E-state index contributed by atoms with van der Waals surface area (Å²) in [5.74, 6) is 0.488. The first-order valence-electron chi connectivity index (χ1n) is 7.82. The molecule has 0 aliphatic heterocycles. The predicted molar refractivity (Wildman–Crippen MR) is 94.5 cm³/mol. The molecule has 2 aromatic carbocycles. The second-order valence-electron chi connectivity index (χ2n) is 5.29. The van der Waals surface area contributed by atoms with Crippen LogP contribution in [0.25, 0.3) is 0 Å². The van der Waals surface area contributed by atoms with Gasteiger partial charge < -0.3 is 10.1 Å². The van der Waals surface area contributed by atoms with Crippen molar-refractivity contribution < 1.29 is 18.1 Å². The zero-order valence-electron chi connectivity index (χ0n) is 13.8. The SMILES string of the molecule is CCOc1ccc([N+](=O)[O-])cc1CNCCS(=O)(=O)c1ccccc1. The van der Waals surface area contributed by atoms with Gasteiger partial charge in [-0.1, -0.05) is 18.2 Å². The Bertz CT molecular complexity index is 822. The van der Waals surface area contributed by atoms with Crippen LogP contribution in [0.15, 0.2) is 53.4 Å². The van der Waals surface area contributed by atoms with E-state index in [4.69, 9.17) is 4.74 Å². The van der Waals surface area contributed by atoms with Gasteiger partial charge in [0.05, 0.1) is 22.2 Å². The minimum Gasteiger partial charge on any atom is -0.494 e. The molecule has 0 spiro atoms. The summed E-state index contributed by atoms with van der Waals surface area (Å²) < 4.78 is 29.9. The molecule has 0 aliphatic carbocycles. The molecule has 0 amide bonds. The topological polar surface area (TPSA) is 98.5 Å². The number of ether oxygens (including phenoxy) is 1. The summed E-state index contributed by atoms with van der Waals surface area (Å²) in [7, 11) is -3.36. The van der Waals surface area contributed by atoms with Crippen molar-refractivity contribution in [2.24, 2.45) is 0 Å². The van der Waals surface area contributed by atoms with Crippen LogP contribution in [0.5, 0.6) is 5.75 Å². The summed E-state index contributed by atoms with van der Waals surface area (Å²) in [5.41, 5.74) is 0.588. The first-order chi connectivity index (χ1) is 11.9. The molecule has 7 nitrogen and oxygen atoms in total. The van der Waals surface area contributed by atoms with Crippen molar-refractivity contribution in [3.05, 3.63) is 64.2 Å². The highest BCUT2D eigenvalue weighted by atomic mass is 32.2. The molecule has 1 N–H and O–H groups in total. The summed E-state index contributed by atoms with van der Waals surface area (Å²) >= 11 is 0. The van der Waals surface area contributed by atoms with Crippen molar-refractivity contribution in [1.29, 1.82) is 0 Å². The molecule has 0 saturated carbocycles. The van der Waals surface area contributed by atoms with Gasteiger partial charge in [-0.2, -0.15) is 0 Å². The maximum atomic E-state index is 12.2. The van der Waals surface area contributed by atoms with E-state index >= 15 is 0 Å². The molecule has 0 radical (unpaired) electrons. The van der Waals surface area contributed by atoms with Crippen molar-refractivity contribution >= 4 is 15.5 Å². The van der Waals surface area contributed by atoms with Gasteiger partial charge in [0.2, 0.25) is 0 Å². The first kappa shape index (κ1) is 18.9. The Kier molecular flexibility index (Phi) is 6.49. The van der Waals surface area contributed by atoms with Crippen LogP contribution in [0.1, 0.15) is 12.5 Å². The standard InChI is InChI=1S/C17H20N2O5S/c1-2-24-17-9-8-15(19(20)21)12-14(17)13-18-10-11-25(22,23)16-6-4-3-5-7-16/h3-9,12,18H,2,10-11,13H2,1H3. The number of hydrogen-bond donors (Lipinski definition) is 1. The molecule has 2 rings (SSSR count). The lowest BCUT2D eigenvalue weighted by Gasteiger charge is -2.11. The van der Waals surface area contributed by atoms with E-state index in [1.807, 2.05) is 6.92 Å². The number of benzene rings is 2. The zero-order valence-corrected chi connectivity index (χ0v) is 14.7. The number of nitrogens with one attached hydrogen (secondary N) is 1. The molecule has 0 aliphatic rings. The van der Waals surface area contributed by atoms with E-state index in [0.717, 1.165) is 0 Å². The average molecular weight is 364 g/mol. The monoisotopic (exact) mass is 364 g/mol. The van der Waals surface area contributed by atoms with Crippen LogP contribution in [0, 0.1) is 10.1 Å². The third-order valence-corrected chi connectivity index (χ3v) is 5.25. The normalized spacial score (nSPS) is 11.2. The van der Waals surface area contributed by atoms with Gasteiger partial charge in [0.1, 0.15) is 5.75 Å². The Morgan fingerprint density at radius 3 is 2.52 bits per heavy atom. The number of nitro benzene ring substituents is 1. The molecular formula is C17H20N2O5S. The highest BCUT2D eigenvalue weighted by Crippen LogP contribution is 2.24. The van der Waals surface area contributed by atoms with Crippen LogP contribution < -0.4 is 10.1 Å². The summed E-state index contributed by atoms with van der Waals surface area (Å²) in [6.07, 6.45) is 0. The lowest BCUT2D eigenvalue weighted by atomic mass is 10.1. The highest BCUT2D eigenvalue weighted by molar-refractivity contribution is 7.91. The van der Waals surface area contributed by atoms with Gasteiger partial charge in [-0.15, -0.1) is 0 Å². The van der Waals surface area contributed by atoms with E-state index in [2.05, 4.69) is 5.32 Å². The molecule has 8 heteroatoms. The molecule has 134 valence electrons. The van der Waals surface area contributed by atoms with E-state index in [1.165, 1.54) is 12.1 Å². The third kappa shape index (κ3) is 5.27. The van der Waals surface area contributed by atoms with Gasteiger partial charge in [0.25, 0.3) is 5.69 Å². The van der Waals surface area contributed by atoms with Crippen LogP contribution in [0.2, 0.25) is 0 Å². The van der Waals surface area contributed by atoms with Crippen LogP contribution in [-0.2, 0) is 16.4 Å². The van der Waals surface area contributed by atoms with Crippen molar-refractivity contribution in [2.45, 2.75) is 18.4 Å². The van der Waals surface area contributed by atoms with E-state index < -0.39 is 14.8 Å². The Labute approximate surface area is 146 Å². The largest absolute Gasteiger partial charge is 0.494 e. The van der Waals surface area contributed by atoms with Crippen LogP contribution in [-0.4, -0.2) is 32.2 Å². The molecule has 0 atom stereocenters. The molecule has 0 aromatic heterocycles. The number of nitro groups is 1. The maximum absolute atomic E-state index is 12.2. The quantitative estimate of drug-likeness (QED) is 0.417. The fraction of sp³-hybridized carbons (Fsp3) is 0.294. The Hall–Kier alpha value is -2.45. The molecule has 0 saturated heterocycles. The maximum Gasteiger partial charge on any atom is 0.270 e. The Balaban J connectivity index is 1.99. The van der Waals surface area contributed by atoms with E-state index in [0.29, 0.717) is 17.9 Å². The van der Waals surface area contributed by atoms with Gasteiger partial charge in [-0.05, 0) is 25.1 Å². The number of non-ortho nitro benzene ring substituents is 1. The predicted octanol–water partition coefficient (Wildman–Crippen LogP) is 2.56. The zero-order chi connectivity index (χ0) is 18.3. The Morgan fingerprint density at radius 2 is 1.88 bits per heavy atom. The second-order valence-corrected chi connectivity index (χ2v) is 7.40. The average Bonchev–Trinajstić information content (AvgIpc) is 2.60. The van der Waals surface area contributed by atoms with Crippen molar-refractivity contribution in [1.82, 2.24) is 5.32 Å². The second kappa shape index (κ2) is 8.59. The van der Waals surface area contributed by atoms with E-state index in [1.54, 1.807) is 36.4 Å². The molecule has 2 aromatic rings. The third-order valence-electron chi connectivity index (χ3n) is 3.52. The van der Waals surface area contributed by atoms with Gasteiger partial charge >= 0.3 is 0 Å². The van der Waals surface area contributed by atoms with Crippen LogP contribution in [0.3, 0.4) is 0 Å². The fourth-order valence-electron chi connectivity index (χ4n) is 2.29. The Morgan fingerprint density at radius 1 is 1.16 bits per heavy atom. The minimum atomic E-state index is -3.36. The number of nitrogens with zero attached hydrogens (tertiary/aromatic N) is 1. The number of rotatable bonds is 9. The molecule has 0 heterocycles. The van der Waals surface area contributed by atoms with Gasteiger partial charge in [0, 0.05) is 30.8 Å². The summed E-state index contributed by atoms with van der Waals surface area (Å²) in [6, 6.07) is 12.6. The molecule has 0 fully saturated rings. The minimum absolute atomic E-state index is 0.0304. The van der Waals surface area contributed by atoms with Crippen LogP contribution >= 0.6 is 0 Å². The molecular weight excluding hydrogens is 344 g/mol. The lowest BCUT2D eigenvalue weighted by molar-refractivity contribution is -0.384. The van der Waals surface area contributed by atoms with Gasteiger partial charge in [-0.25, -0.2) is 8.42 Å². The molecule has 0 bridgehead atoms. The van der Waals surface area contributed by atoms with Crippen LogP contribution in [0.4, 0.5) is 5.69 Å². The molecule has 25 heavy (non-hydrogen) atoms. The molecule has 0 unspecified atom stereocenters. The summed E-state index contributed by atoms with van der Waals surface area (Å²) in [5, 5.41) is 13.9. The summed E-state index contributed by atoms with van der Waals surface area (Å²) in [6.45, 7) is 2.77. The van der Waals surface area contributed by atoms with Gasteiger partial charge in [0.15, 0.2) is 9.84 Å². The van der Waals surface area contributed by atoms with E-state index in [-0.39, 0.29) is 29.4 Å². The lowest BCUT2D eigenvalue weighted by Crippen LogP contribution is -2.23. The number of sulfone groups is 1. The van der Waals surface area contributed by atoms with Crippen molar-refractivity contribution in [3.63, 3.8) is 0 Å². The van der Waals surface area contributed by atoms with Crippen molar-refractivity contribution in [2.75, 3.05) is 18.9 Å². The number of hydrogen-bond acceptors (Lipinski definition) is 6. The smallest absolute Gasteiger partial charge is 0.270 e. The summed E-state index contributed by atoms with van der Waals surface area (Å²) in [4.78, 5) is 10.7. The first-order valence-corrected chi connectivity index (χ1v) is 9.48.